The van der Waals surface area contributed by atoms with Gasteiger partial charge in [-0.2, -0.15) is 0 Å². The maximum absolute atomic E-state index is 11.7. The van der Waals surface area contributed by atoms with Crippen LogP contribution in [0.25, 0.3) is 0 Å². The van der Waals surface area contributed by atoms with Crippen LogP contribution in [0.4, 0.5) is 0 Å². The molecular weight excluding hydrogens is 296 g/mol. The van der Waals surface area contributed by atoms with Gasteiger partial charge in [0.1, 0.15) is 0 Å². The zero-order valence-electron chi connectivity index (χ0n) is 12.5. The Labute approximate surface area is 156 Å². The topological polar surface area (TPSA) is 52.6 Å². The summed E-state index contributed by atoms with van der Waals surface area (Å²) in [5, 5.41) is 0. The number of hydrogen-bond acceptors (Lipinski definition) is 4. The summed E-state index contributed by atoms with van der Waals surface area (Å²) in [6.45, 7) is 8.67. The molecular formula is C16H24CaO4. The monoisotopic (exact) mass is 320 g/mol. The molecule has 0 aromatic heterocycles. The zero-order valence-corrected chi connectivity index (χ0v) is 12.5. The van der Waals surface area contributed by atoms with Crippen LogP contribution in [-0.2, 0) is 9.47 Å². The molecule has 5 heteroatoms. The molecule has 0 aliphatic heterocycles. The fourth-order valence-corrected chi connectivity index (χ4v) is 1.39. The average Bonchev–Trinajstić information content (AvgIpc) is 2.42. The number of carbonyl (C=O) groups excluding carboxylic acids is 2. The molecule has 0 aliphatic rings. The van der Waals surface area contributed by atoms with Crippen LogP contribution in [0.1, 0.15) is 48.4 Å². The van der Waals surface area contributed by atoms with Crippen molar-refractivity contribution < 1.29 is 19.1 Å². The number of esters is 2. The number of rotatable bonds is 6. The van der Waals surface area contributed by atoms with Gasteiger partial charge in [0, 0.05) is 0 Å². The van der Waals surface area contributed by atoms with Crippen LogP contribution in [0.3, 0.4) is 0 Å². The molecule has 0 spiro atoms. The molecule has 0 aliphatic carbocycles. The fraction of sp³-hybridized carbons (Fsp3) is 0.500. The molecule has 0 N–H and O–H groups in total. The van der Waals surface area contributed by atoms with Crippen molar-refractivity contribution in [2.24, 2.45) is 11.8 Å². The predicted octanol–water partition coefficient (Wildman–Crippen LogP) is 2.40. The van der Waals surface area contributed by atoms with Crippen molar-refractivity contribution in [1.82, 2.24) is 0 Å². The molecule has 0 heterocycles. The fourth-order valence-electron chi connectivity index (χ4n) is 1.39. The average molecular weight is 320 g/mol. The third kappa shape index (κ3) is 7.84. The van der Waals surface area contributed by atoms with Crippen LogP contribution in [0, 0.1) is 11.8 Å². The molecule has 0 saturated carbocycles. The van der Waals surface area contributed by atoms with E-state index in [0.717, 1.165) is 0 Å². The summed E-state index contributed by atoms with van der Waals surface area (Å²) in [6, 6.07) is 6.31. The van der Waals surface area contributed by atoms with Crippen molar-refractivity contribution in [1.29, 1.82) is 0 Å². The molecule has 0 radical (unpaired) electrons. The van der Waals surface area contributed by atoms with Gasteiger partial charge in [-0.15, -0.1) is 0 Å². The Balaban J connectivity index is 0.00000400. The number of carbonyl (C=O) groups is 2. The molecule has 0 saturated heterocycles. The summed E-state index contributed by atoms with van der Waals surface area (Å²) in [5.74, 6) is -0.157. The quantitative estimate of drug-likeness (QED) is 0.596. The van der Waals surface area contributed by atoms with Crippen LogP contribution in [-0.4, -0.2) is 62.9 Å². The molecule has 1 aromatic carbocycles. The van der Waals surface area contributed by atoms with E-state index < -0.39 is 0 Å². The first-order valence-electron chi connectivity index (χ1n) is 6.84. The van der Waals surface area contributed by atoms with Crippen LogP contribution in [0.15, 0.2) is 24.3 Å². The first kappa shape index (κ1) is 20.4. The Morgan fingerprint density at radius 1 is 0.810 bits per heavy atom. The second-order valence-corrected chi connectivity index (χ2v) is 5.56. The summed E-state index contributed by atoms with van der Waals surface area (Å²) < 4.78 is 10.2. The van der Waals surface area contributed by atoms with Crippen molar-refractivity contribution in [3.05, 3.63) is 35.4 Å². The van der Waals surface area contributed by atoms with Crippen molar-refractivity contribution in [2.75, 3.05) is 13.2 Å². The van der Waals surface area contributed by atoms with Crippen LogP contribution >= 0.6 is 0 Å². The van der Waals surface area contributed by atoms with Crippen molar-refractivity contribution >= 4 is 49.7 Å². The van der Waals surface area contributed by atoms with E-state index in [9.17, 15) is 9.59 Å². The molecule has 21 heavy (non-hydrogen) atoms. The normalized spacial score (nSPS) is 10.2. The third-order valence-corrected chi connectivity index (χ3v) is 2.45. The summed E-state index contributed by atoms with van der Waals surface area (Å²) in [6.07, 6.45) is 0. The van der Waals surface area contributed by atoms with Crippen LogP contribution in [0.5, 0.6) is 0 Å². The zero-order chi connectivity index (χ0) is 15.1. The van der Waals surface area contributed by atoms with E-state index in [-0.39, 0.29) is 49.7 Å². The minimum absolute atomic E-state index is 0. The number of benzene rings is 1. The number of hydrogen-bond donors (Lipinski definition) is 0. The van der Waals surface area contributed by atoms with Crippen molar-refractivity contribution in [2.45, 2.75) is 27.7 Å². The van der Waals surface area contributed by atoms with E-state index in [1.807, 2.05) is 27.7 Å². The van der Waals surface area contributed by atoms with Gasteiger partial charge in [-0.3, -0.25) is 0 Å². The molecule has 114 valence electrons. The minimum atomic E-state index is -0.374. The second-order valence-electron chi connectivity index (χ2n) is 5.56. The van der Waals surface area contributed by atoms with Crippen LogP contribution < -0.4 is 0 Å². The number of ether oxygens (including phenoxy) is 2. The van der Waals surface area contributed by atoms with Gasteiger partial charge in [-0.1, -0.05) is 27.7 Å². The Kier molecular flexibility index (Phi) is 9.92. The molecule has 0 bridgehead atoms. The summed E-state index contributed by atoms with van der Waals surface area (Å²) in [4.78, 5) is 23.4. The summed E-state index contributed by atoms with van der Waals surface area (Å²) in [7, 11) is 0. The van der Waals surface area contributed by atoms with Gasteiger partial charge in [0.25, 0.3) is 0 Å². The Hall–Kier alpha value is -0.580. The van der Waals surface area contributed by atoms with Gasteiger partial charge in [0.15, 0.2) is 0 Å². The summed E-state index contributed by atoms with van der Waals surface area (Å²) in [5.41, 5.74) is 0.872. The van der Waals surface area contributed by atoms with Gasteiger partial charge >= 0.3 is 49.7 Å². The van der Waals surface area contributed by atoms with Gasteiger partial charge < -0.3 is 9.47 Å². The molecule has 1 rings (SSSR count). The maximum atomic E-state index is 11.7. The van der Waals surface area contributed by atoms with Crippen molar-refractivity contribution in [3.63, 3.8) is 0 Å². The van der Waals surface area contributed by atoms with Crippen LogP contribution in [0.2, 0.25) is 0 Å². The third-order valence-electron chi connectivity index (χ3n) is 2.45. The predicted molar refractivity (Wildman–Crippen MR) is 85.2 cm³/mol. The standard InChI is InChI=1S/C16H22O4.Ca.2H/c1-11(2)9-19-15(17)13-5-7-14(8-6-13)16(18)20-10-12(3)4;;;/h5-8,11-12H,9-10H2,1-4H3;;;. The summed E-state index contributed by atoms with van der Waals surface area (Å²) >= 11 is 0. The molecule has 0 unspecified atom stereocenters. The molecule has 0 amide bonds. The Morgan fingerprint density at radius 3 is 1.33 bits per heavy atom. The first-order valence-corrected chi connectivity index (χ1v) is 6.84. The van der Waals surface area contributed by atoms with Gasteiger partial charge in [0.2, 0.25) is 0 Å². The SMILES string of the molecule is CC(C)COC(=O)c1ccc(C(=O)OCC(C)C)cc1.[CaH2]. The van der Waals surface area contributed by atoms with E-state index >= 15 is 0 Å². The van der Waals surface area contributed by atoms with Gasteiger partial charge in [-0.05, 0) is 36.1 Å². The molecule has 0 fully saturated rings. The Morgan fingerprint density at radius 2 is 1.10 bits per heavy atom. The Bertz CT molecular complexity index is 409. The first-order chi connectivity index (χ1) is 9.40. The van der Waals surface area contributed by atoms with E-state index in [2.05, 4.69) is 0 Å². The van der Waals surface area contributed by atoms with Gasteiger partial charge in [-0.25, -0.2) is 9.59 Å². The van der Waals surface area contributed by atoms with E-state index in [4.69, 9.17) is 9.47 Å². The molecule has 0 atom stereocenters. The molecule has 4 nitrogen and oxygen atoms in total. The molecule has 1 aromatic rings. The second kappa shape index (κ2) is 10.2. The van der Waals surface area contributed by atoms with E-state index in [1.54, 1.807) is 24.3 Å². The van der Waals surface area contributed by atoms with E-state index in [0.29, 0.717) is 36.2 Å². The van der Waals surface area contributed by atoms with Gasteiger partial charge in [0.05, 0.1) is 24.3 Å². The van der Waals surface area contributed by atoms with Crippen molar-refractivity contribution in [3.8, 4) is 0 Å². The van der Waals surface area contributed by atoms with E-state index in [1.165, 1.54) is 0 Å².